The van der Waals surface area contributed by atoms with Crippen LogP contribution in [0.3, 0.4) is 0 Å². The third-order valence-corrected chi connectivity index (χ3v) is 4.51. The van der Waals surface area contributed by atoms with Gasteiger partial charge in [-0.3, -0.25) is 19.3 Å². The molecule has 3 N–H and O–H groups in total. The van der Waals surface area contributed by atoms with E-state index in [1.165, 1.54) is 0 Å². The summed E-state index contributed by atoms with van der Waals surface area (Å²) in [4.78, 5) is 41.4. The van der Waals surface area contributed by atoms with Gasteiger partial charge in [0.2, 0.25) is 11.8 Å². The molecule has 7 heteroatoms. The molecule has 7 nitrogen and oxygen atoms in total. The van der Waals surface area contributed by atoms with Gasteiger partial charge in [-0.15, -0.1) is 0 Å². The summed E-state index contributed by atoms with van der Waals surface area (Å²) in [5.74, 6) is -0.344. The fourth-order valence-electron chi connectivity index (χ4n) is 3.17. The second kappa shape index (κ2) is 7.06. The highest BCUT2D eigenvalue weighted by atomic mass is 16.2. The van der Waals surface area contributed by atoms with Gasteiger partial charge in [0.15, 0.2) is 5.43 Å². The van der Waals surface area contributed by atoms with Crippen LogP contribution in [0.4, 0.5) is 0 Å². The third-order valence-electron chi connectivity index (χ3n) is 4.51. The number of nitrogens with zero attached hydrogens (tertiary/aromatic N) is 1. The van der Waals surface area contributed by atoms with E-state index in [0.717, 1.165) is 16.8 Å². The van der Waals surface area contributed by atoms with Gasteiger partial charge >= 0.3 is 0 Å². The van der Waals surface area contributed by atoms with Crippen molar-refractivity contribution in [1.29, 1.82) is 0 Å². The molecule has 0 saturated carbocycles. The van der Waals surface area contributed by atoms with E-state index >= 15 is 0 Å². The first kappa shape index (κ1) is 17.2. The molecule has 2 amide bonds. The van der Waals surface area contributed by atoms with Crippen molar-refractivity contribution in [2.24, 2.45) is 0 Å². The number of piperazine rings is 1. The summed E-state index contributed by atoms with van der Waals surface area (Å²) in [6.45, 7) is 3.51. The van der Waals surface area contributed by atoms with Gasteiger partial charge in [0, 0.05) is 49.3 Å². The second-order valence-electron chi connectivity index (χ2n) is 6.36. The minimum absolute atomic E-state index is 0.0447. The van der Waals surface area contributed by atoms with Crippen molar-refractivity contribution in [3.05, 3.63) is 45.7 Å². The first-order chi connectivity index (χ1) is 12.0. The van der Waals surface area contributed by atoms with Crippen molar-refractivity contribution >= 4 is 22.7 Å². The zero-order valence-electron chi connectivity index (χ0n) is 14.4. The number of aromatic amines is 1. The van der Waals surface area contributed by atoms with Crippen LogP contribution in [0.5, 0.6) is 0 Å². The molecule has 2 aromatic rings. The minimum atomic E-state index is -0.536. The minimum Gasteiger partial charge on any atom is -0.359 e. The SMILES string of the molecule is CNC(=O)CC1C(=O)NCCN1Cc1cc(=O)c2cc(C)ccc2[nH]1. The molecular weight excluding hydrogens is 320 g/mol. The molecule has 0 spiro atoms. The number of nitrogens with one attached hydrogen (secondary N) is 3. The summed E-state index contributed by atoms with van der Waals surface area (Å²) >= 11 is 0. The number of amides is 2. The van der Waals surface area contributed by atoms with Gasteiger partial charge < -0.3 is 15.6 Å². The van der Waals surface area contributed by atoms with Crippen LogP contribution in [-0.4, -0.2) is 47.9 Å². The lowest BCUT2D eigenvalue weighted by Crippen LogP contribution is -2.56. The molecule has 0 aliphatic carbocycles. The first-order valence-corrected chi connectivity index (χ1v) is 8.33. The van der Waals surface area contributed by atoms with Crippen LogP contribution < -0.4 is 16.1 Å². The molecule has 1 aliphatic rings. The van der Waals surface area contributed by atoms with Crippen LogP contribution >= 0.6 is 0 Å². The highest BCUT2D eigenvalue weighted by Crippen LogP contribution is 2.15. The maximum Gasteiger partial charge on any atom is 0.237 e. The van der Waals surface area contributed by atoms with Crippen LogP contribution in [0, 0.1) is 6.92 Å². The number of carbonyl (C=O) groups excluding carboxylic acids is 2. The van der Waals surface area contributed by atoms with E-state index in [0.29, 0.717) is 25.0 Å². The van der Waals surface area contributed by atoms with Gasteiger partial charge in [0.1, 0.15) is 0 Å². The number of pyridine rings is 1. The number of fused-ring (bicyclic) bond motifs is 1. The number of rotatable bonds is 4. The van der Waals surface area contributed by atoms with Crippen molar-refractivity contribution < 1.29 is 9.59 Å². The largest absolute Gasteiger partial charge is 0.359 e. The molecule has 1 aliphatic heterocycles. The molecule has 1 unspecified atom stereocenters. The predicted octanol–water partition coefficient (Wildman–Crippen LogP) is 0.273. The number of aryl methyl sites for hydroxylation is 1. The van der Waals surface area contributed by atoms with Crippen LogP contribution in [0.1, 0.15) is 17.7 Å². The Kier molecular flexibility index (Phi) is 4.85. The Morgan fingerprint density at radius 3 is 2.88 bits per heavy atom. The smallest absolute Gasteiger partial charge is 0.237 e. The van der Waals surface area contributed by atoms with Gasteiger partial charge in [-0.05, 0) is 19.1 Å². The molecule has 1 aromatic heterocycles. The van der Waals surface area contributed by atoms with Gasteiger partial charge in [-0.25, -0.2) is 0 Å². The molecule has 1 atom stereocenters. The molecule has 1 saturated heterocycles. The van der Waals surface area contributed by atoms with E-state index in [4.69, 9.17) is 0 Å². The number of benzene rings is 1. The van der Waals surface area contributed by atoms with Gasteiger partial charge in [-0.2, -0.15) is 0 Å². The molecule has 132 valence electrons. The summed E-state index contributed by atoms with van der Waals surface area (Å²) < 4.78 is 0. The summed E-state index contributed by atoms with van der Waals surface area (Å²) in [5.41, 5.74) is 2.50. The van der Waals surface area contributed by atoms with Gasteiger partial charge in [0.25, 0.3) is 0 Å². The monoisotopic (exact) mass is 342 g/mol. The summed E-state index contributed by atoms with van der Waals surface area (Å²) in [6, 6.07) is 6.74. The number of H-pyrrole nitrogens is 1. The Labute approximate surface area is 145 Å². The fraction of sp³-hybridized carbons (Fsp3) is 0.389. The number of hydrogen-bond acceptors (Lipinski definition) is 4. The predicted molar refractivity (Wildman–Crippen MR) is 95.2 cm³/mol. The Balaban J connectivity index is 1.87. The van der Waals surface area contributed by atoms with Crippen LogP contribution in [0.25, 0.3) is 10.9 Å². The third kappa shape index (κ3) is 3.71. The average Bonchev–Trinajstić information content (AvgIpc) is 2.58. The Bertz CT molecular complexity index is 874. The normalized spacial score (nSPS) is 18.2. The summed E-state index contributed by atoms with van der Waals surface area (Å²) in [7, 11) is 1.55. The van der Waals surface area contributed by atoms with E-state index in [-0.39, 0.29) is 23.7 Å². The average molecular weight is 342 g/mol. The maximum absolute atomic E-state index is 12.4. The molecule has 25 heavy (non-hydrogen) atoms. The van der Waals surface area contributed by atoms with E-state index < -0.39 is 6.04 Å². The summed E-state index contributed by atoms with van der Waals surface area (Å²) in [6.07, 6.45) is 0.0966. The Hall–Kier alpha value is -2.67. The molecule has 0 bridgehead atoms. The number of carbonyl (C=O) groups is 2. The highest BCUT2D eigenvalue weighted by Gasteiger charge is 2.31. The lowest BCUT2D eigenvalue weighted by atomic mass is 10.1. The van der Waals surface area contributed by atoms with E-state index in [9.17, 15) is 14.4 Å². The lowest BCUT2D eigenvalue weighted by Gasteiger charge is -2.34. The topological polar surface area (TPSA) is 94.3 Å². The standard InChI is InChI=1S/C18H22N4O3/c1-11-3-4-14-13(7-11)16(23)8-12(21-14)10-22-6-5-20-18(25)15(22)9-17(24)19-2/h3-4,7-8,15H,5-6,9-10H2,1-2H3,(H,19,24)(H,20,25)(H,21,23). The van der Waals surface area contributed by atoms with E-state index in [1.807, 2.05) is 30.0 Å². The van der Waals surface area contributed by atoms with Crippen molar-refractivity contribution in [3.8, 4) is 0 Å². The molecule has 1 fully saturated rings. The van der Waals surface area contributed by atoms with Gasteiger partial charge in [-0.1, -0.05) is 11.6 Å². The molecule has 3 rings (SSSR count). The summed E-state index contributed by atoms with van der Waals surface area (Å²) in [5, 5.41) is 6.00. The van der Waals surface area contributed by atoms with Crippen LogP contribution in [0.15, 0.2) is 29.1 Å². The zero-order valence-corrected chi connectivity index (χ0v) is 14.4. The van der Waals surface area contributed by atoms with Crippen molar-refractivity contribution in [2.45, 2.75) is 25.9 Å². The van der Waals surface area contributed by atoms with E-state index in [2.05, 4.69) is 15.6 Å². The quantitative estimate of drug-likeness (QED) is 0.744. The molecule has 1 aromatic carbocycles. The lowest BCUT2D eigenvalue weighted by molar-refractivity contribution is -0.134. The number of aromatic nitrogens is 1. The molecule has 2 heterocycles. The zero-order chi connectivity index (χ0) is 18.0. The maximum atomic E-state index is 12.4. The van der Waals surface area contributed by atoms with Gasteiger partial charge in [0.05, 0.1) is 12.5 Å². The molecule has 0 radical (unpaired) electrons. The van der Waals surface area contributed by atoms with Crippen molar-refractivity contribution in [3.63, 3.8) is 0 Å². The molecular formula is C18H22N4O3. The van der Waals surface area contributed by atoms with Crippen LogP contribution in [0.2, 0.25) is 0 Å². The van der Waals surface area contributed by atoms with Crippen molar-refractivity contribution in [2.75, 3.05) is 20.1 Å². The van der Waals surface area contributed by atoms with Crippen LogP contribution in [-0.2, 0) is 16.1 Å². The number of hydrogen-bond donors (Lipinski definition) is 3. The Morgan fingerprint density at radius 2 is 2.12 bits per heavy atom. The second-order valence-corrected chi connectivity index (χ2v) is 6.36. The van der Waals surface area contributed by atoms with E-state index in [1.54, 1.807) is 13.1 Å². The highest BCUT2D eigenvalue weighted by molar-refractivity contribution is 5.88. The Morgan fingerprint density at radius 1 is 1.32 bits per heavy atom. The van der Waals surface area contributed by atoms with Crippen molar-refractivity contribution in [1.82, 2.24) is 20.5 Å². The first-order valence-electron chi connectivity index (χ1n) is 8.33. The fourth-order valence-corrected chi connectivity index (χ4v) is 3.17.